The van der Waals surface area contributed by atoms with E-state index in [1.54, 1.807) is 88.4 Å². The first-order valence-corrected chi connectivity index (χ1v) is 31.2. The van der Waals surface area contributed by atoms with Crippen LogP contribution in [-0.4, -0.2) is 167 Å². The summed E-state index contributed by atoms with van der Waals surface area (Å²) in [5, 5.41) is 25.4. The average Bonchev–Trinajstić information content (AvgIpc) is 2.96. The van der Waals surface area contributed by atoms with Crippen LogP contribution < -0.4 is 59.3 Å². The van der Waals surface area contributed by atoms with Crippen molar-refractivity contribution in [1.29, 1.82) is 0 Å². The Kier molecular flexibility index (Phi) is 27.6. The van der Waals surface area contributed by atoms with Crippen LogP contribution in [0, 0.1) is 23.7 Å². The topological polar surface area (TPSA) is 355 Å². The first-order valence-electron chi connectivity index (χ1n) is 31.2. The van der Waals surface area contributed by atoms with Crippen LogP contribution in [0.15, 0.2) is 60.7 Å². The summed E-state index contributed by atoms with van der Waals surface area (Å²) in [4.78, 5) is 162. The highest BCUT2D eigenvalue weighted by molar-refractivity contribution is 6.00. The van der Waals surface area contributed by atoms with Gasteiger partial charge in [-0.05, 0) is 119 Å². The zero-order chi connectivity index (χ0) is 64.1. The maximum atomic E-state index is 15.0. The molecule has 24 nitrogen and oxygen atoms in total. The molecule has 3 heterocycles. The fourth-order valence-electron chi connectivity index (χ4n) is 11.3. The molecule has 0 saturated carbocycles. The van der Waals surface area contributed by atoms with Crippen LogP contribution in [0.3, 0.4) is 0 Å². The third kappa shape index (κ3) is 20.8. The molecule has 11 atom stereocenters. The molecular formula is C63H97N13O11. The van der Waals surface area contributed by atoms with Crippen molar-refractivity contribution in [3.8, 4) is 0 Å². The van der Waals surface area contributed by atoms with E-state index < -0.39 is 143 Å². The van der Waals surface area contributed by atoms with E-state index in [1.165, 1.54) is 16.7 Å². The molecular weight excluding hydrogens is 1110 g/mol. The summed E-state index contributed by atoms with van der Waals surface area (Å²) < 4.78 is 0. The number of benzene rings is 2. The molecule has 2 aromatic rings. The number of amides is 11. The molecule has 0 aliphatic carbocycles. The Hall–Kier alpha value is -7.47. The maximum Gasteiger partial charge on any atom is 0.246 e. The van der Waals surface area contributed by atoms with Crippen LogP contribution in [0.5, 0.6) is 0 Å². The van der Waals surface area contributed by atoms with Gasteiger partial charge in [0.1, 0.15) is 66.5 Å². The quantitative estimate of drug-likeness (QED) is 0.111. The molecule has 24 heteroatoms. The van der Waals surface area contributed by atoms with Crippen molar-refractivity contribution in [2.75, 3.05) is 26.2 Å². The molecule has 13 N–H and O–H groups in total. The van der Waals surface area contributed by atoms with Gasteiger partial charge in [-0.25, -0.2) is 0 Å². The third-order valence-electron chi connectivity index (χ3n) is 16.1. The van der Waals surface area contributed by atoms with Crippen LogP contribution in [0.4, 0.5) is 0 Å². The second-order valence-electron chi connectivity index (χ2n) is 24.9. The predicted octanol–water partition coefficient (Wildman–Crippen LogP) is 0.732. The van der Waals surface area contributed by atoms with E-state index in [4.69, 9.17) is 11.5 Å². The van der Waals surface area contributed by atoms with Gasteiger partial charge in [-0.2, -0.15) is 0 Å². The van der Waals surface area contributed by atoms with Crippen molar-refractivity contribution in [3.63, 3.8) is 0 Å². The third-order valence-corrected chi connectivity index (χ3v) is 16.1. The summed E-state index contributed by atoms with van der Waals surface area (Å²) in [6.45, 7) is 16.3. The summed E-state index contributed by atoms with van der Waals surface area (Å²) in [6.07, 6.45) is 2.21. The van der Waals surface area contributed by atoms with Gasteiger partial charge in [0.2, 0.25) is 65.0 Å². The molecule has 3 saturated heterocycles. The highest BCUT2D eigenvalue weighted by Gasteiger charge is 2.43. The molecule has 3 aliphatic rings. The average molecular weight is 1210 g/mol. The summed E-state index contributed by atoms with van der Waals surface area (Å²) in [5.41, 5.74) is 13.2. The lowest BCUT2D eigenvalue weighted by Gasteiger charge is -2.32. The lowest BCUT2D eigenvalue weighted by atomic mass is 9.99. The number of hydrogen-bond donors (Lipinski definition) is 11. The van der Waals surface area contributed by atoms with Gasteiger partial charge < -0.3 is 69.1 Å². The van der Waals surface area contributed by atoms with Gasteiger partial charge in [0.05, 0.1) is 0 Å². The minimum atomic E-state index is -1.28. The first-order chi connectivity index (χ1) is 41.3. The molecule has 87 heavy (non-hydrogen) atoms. The van der Waals surface area contributed by atoms with Crippen LogP contribution in [0.1, 0.15) is 138 Å². The van der Waals surface area contributed by atoms with Crippen molar-refractivity contribution in [1.82, 2.24) is 57.7 Å². The second kappa shape index (κ2) is 34.2. The van der Waals surface area contributed by atoms with Gasteiger partial charge in [-0.3, -0.25) is 52.7 Å². The van der Waals surface area contributed by atoms with Crippen molar-refractivity contribution in [3.05, 3.63) is 71.8 Å². The van der Waals surface area contributed by atoms with Crippen molar-refractivity contribution in [2.45, 2.75) is 206 Å². The van der Waals surface area contributed by atoms with E-state index in [9.17, 15) is 52.7 Å². The maximum absolute atomic E-state index is 15.0. The number of nitrogens with two attached hydrogens (primary N) is 2. The zero-order valence-corrected chi connectivity index (χ0v) is 52.3. The molecule has 0 radical (unpaired) electrons. The Labute approximate surface area is 512 Å². The smallest absolute Gasteiger partial charge is 0.246 e. The Morgan fingerprint density at radius 3 is 1.15 bits per heavy atom. The number of nitrogens with one attached hydrogen (secondary N) is 9. The molecule has 0 spiro atoms. The van der Waals surface area contributed by atoms with E-state index in [0.29, 0.717) is 24.0 Å². The molecule has 0 unspecified atom stereocenters. The van der Waals surface area contributed by atoms with E-state index in [-0.39, 0.29) is 102 Å². The Balaban J connectivity index is 1.57. The van der Waals surface area contributed by atoms with Crippen LogP contribution >= 0.6 is 0 Å². The normalized spacial score (nSPS) is 26.9. The minimum absolute atomic E-state index is 0.00807. The van der Waals surface area contributed by atoms with E-state index >= 15 is 0 Å². The predicted molar refractivity (Wildman–Crippen MR) is 328 cm³/mol. The monoisotopic (exact) mass is 1210 g/mol. The van der Waals surface area contributed by atoms with Crippen LogP contribution in [-0.2, 0) is 65.6 Å². The van der Waals surface area contributed by atoms with Crippen molar-refractivity contribution in [2.24, 2.45) is 35.1 Å². The van der Waals surface area contributed by atoms with E-state index in [1.807, 2.05) is 27.7 Å². The number of carbonyl (C=O) groups is 11. The molecule has 0 aromatic heterocycles. The molecule has 5 rings (SSSR count). The van der Waals surface area contributed by atoms with Gasteiger partial charge in [0.25, 0.3) is 0 Å². The number of carbonyl (C=O) groups excluding carboxylic acids is 11. The lowest BCUT2D eigenvalue weighted by Crippen LogP contribution is -2.61. The van der Waals surface area contributed by atoms with Gasteiger partial charge in [0.15, 0.2) is 0 Å². The van der Waals surface area contributed by atoms with E-state index in [0.717, 1.165) is 0 Å². The molecule has 11 amide bonds. The zero-order valence-electron chi connectivity index (χ0n) is 52.3. The molecule has 480 valence electrons. The van der Waals surface area contributed by atoms with Gasteiger partial charge in [0, 0.05) is 25.9 Å². The highest BCUT2D eigenvalue weighted by Crippen LogP contribution is 2.23. The fraction of sp³-hybridized carbons (Fsp3) is 0.635. The first kappa shape index (κ1) is 70.3. The summed E-state index contributed by atoms with van der Waals surface area (Å²) in [7, 11) is 0. The second-order valence-corrected chi connectivity index (χ2v) is 24.9. The van der Waals surface area contributed by atoms with Crippen LogP contribution in [0.25, 0.3) is 0 Å². The number of nitrogens with zero attached hydrogens (tertiary/aromatic N) is 2. The summed E-state index contributed by atoms with van der Waals surface area (Å²) in [6, 6.07) is 4.65. The molecule has 0 bridgehead atoms. The fourth-order valence-corrected chi connectivity index (χ4v) is 11.3. The van der Waals surface area contributed by atoms with Crippen molar-refractivity contribution < 1.29 is 52.7 Å². The minimum Gasteiger partial charge on any atom is -0.343 e. The summed E-state index contributed by atoms with van der Waals surface area (Å²) in [5.74, 6) is -8.81. The lowest BCUT2D eigenvalue weighted by molar-refractivity contribution is -0.143. The van der Waals surface area contributed by atoms with Gasteiger partial charge in [-0.15, -0.1) is 0 Å². The van der Waals surface area contributed by atoms with Gasteiger partial charge in [-0.1, -0.05) is 116 Å². The Morgan fingerprint density at radius 2 is 0.759 bits per heavy atom. The number of fused-ring (bicyclic) bond motifs is 2. The summed E-state index contributed by atoms with van der Waals surface area (Å²) >= 11 is 0. The number of hydrogen-bond acceptors (Lipinski definition) is 13. The van der Waals surface area contributed by atoms with Crippen molar-refractivity contribution >= 4 is 65.0 Å². The van der Waals surface area contributed by atoms with E-state index in [2.05, 4.69) is 47.9 Å². The largest absolute Gasteiger partial charge is 0.343 e. The Morgan fingerprint density at radius 1 is 0.414 bits per heavy atom. The molecule has 3 aliphatic heterocycles. The molecule has 2 aromatic carbocycles. The van der Waals surface area contributed by atoms with Crippen LogP contribution in [0.2, 0.25) is 0 Å². The highest BCUT2D eigenvalue weighted by atomic mass is 16.2. The number of rotatable bonds is 16. The molecule has 3 fully saturated rings. The SMILES string of the molecule is CC(C)C[C@@H]1NC(=O)[C@H](CCCN)NC(=O)[C@H](C(C)C)NC(=O)[C@@H]2CCCN2C(=O)[C@@H](Cc2ccccc2)NC(=O)[C@H](CC(C)C)NC(=O)[C@H](CCCN)NC(=O)[C@H](C(C)C)NC(=O)[C@@H]2CCCN2C(=O)[C@H](C)NC(=O)[C@@H](Cc2ccccc2)NC1=O. The standard InChI is InChI=1S/C63H97N13O11/c1-36(2)32-45-56(80)71-47(34-41-20-12-10-13-21-41)55(79)66-40(9)62(86)75-30-18-26-49(75)58(82)73-51(38(5)6)60(84)68-44(25-17-29-65)54(78)70-46(33-37(3)4)57(81)72-48(35-42-22-14-11-15-23-42)63(87)76-31-19-27-50(76)59(83)74-52(39(7)8)61(85)67-43(24-16-28-64)53(77)69-45/h10-15,20-23,36-40,43-52H,16-19,24-35,64-65H2,1-9H3,(H,66,79)(H,67,85)(H,68,84)(H,69,77)(H,70,78)(H,71,80)(H,72,81)(H,73,82)(H,74,83)/t40-,43-,44-,45-,46-,47+,48+,49-,50-,51-,52-/m0/s1. The van der Waals surface area contributed by atoms with Gasteiger partial charge >= 0.3 is 0 Å². The Bertz CT molecular complexity index is 2680.